The molecule has 0 aliphatic heterocycles. The molecule has 1 heterocycles. The van der Waals surface area contributed by atoms with Crippen molar-refractivity contribution in [1.29, 1.82) is 10.8 Å². The second kappa shape index (κ2) is 89.9. The van der Waals surface area contributed by atoms with E-state index in [1.807, 2.05) is 0 Å². The van der Waals surface area contributed by atoms with E-state index in [9.17, 15) is 0 Å². The summed E-state index contributed by atoms with van der Waals surface area (Å²) in [4.78, 5) is 19.3. The molecule has 31 nitrogen and oxygen atoms in total. The van der Waals surface area contributed by atoms with Gasteiger partial charge in [0, 0.05) is 96.0 Å². The van der Waals surface area contributed by atoms with Crippen LogP contribution in [0.5, 0.6) is 0 Å². The van der Waals surface area contributed by atoms with Crippen LogP contribution in [-0.4, -0.2) is 214 Å². The standard InChI is InChI=1S/C34H73N9O6.C31H67N3O6.C4H6N4.CH2O3.2Na.H/c1-44-21-29(15-9-3-6-12-18-41-32(35)36)23-46-27-48-25-31(17-11-5-8-14-20-43-34(39)40)26-49-28-47-24-30(22-45-2)16-10-4-7-13-19-42-33(37)38;1-35-21-29(15-9-3-6-12-18-32)23-37-27-39-25-31(17-11-5-8-14-20-34)26-40-28-38-24-30(22-36-2)16-10-4-7-13-19-33;5-4(6)8-3-1-2-7-8;2-1-4-3;;;/h29-31H,3-28H2,1-2H3,(H4,35,36,41)(H4,37,38,42)(H4,39,40,43);29-31H,3-28,32-34H2,1-2H3;1-3H,(H3,5,6);1,3H;;;/q;;;;2*+1;-1/p-1. The van der Waals surface area contributed by atoms with Crippen LogP contribution >= 0.6 is 0 Å². The predicted octanol–water partition coefficient (Wildman–Crippen LogP) is 0.00724. The molecule has 21 N–H and O–H groups in total. The summed E-state index contributed by atoms with van der Waals surface area (Å²) in [5.41, 5.74) is 48.7. The summed E-state index contributed by atoms with van der Waals surface area (Å²) in [7, 11) is 6.96. The van der Waals surface area contributed by atoms with Crippen molar-refractivity contribution in [3.05, 3.63) is 18.5 Å². The average molecular weight is 1500 g/mol. The van der Waals surface area contributed by atoms with Crippen LogP contribution in [0.15, 0.2) is 28.4 Å². The van der Waals surface area contributed by atoms with Crippen molar-refractivity contribution in [3.8, 4) is 0 Å². The van der Waals surface area contributed by atoms with Crippen molar-refractivity contribution in [1.82, 2.24) is 15.1 Å². The number of nitrogens with zero attached hydrogens (tertiary/aromatic N) is 4. The summed E-state index contributed by atoms with van der Waals surface area (Å²) >= 11 is 0. The van der Waals surface area contributed by atoms with E-state index in [2.05, 4.69) is 25.3 Å². The number of hydrogen-bond donors (Lipinski definition) is 12. The first-order chi connectivity index (χ1) is 49.2. The van der Waals surface area contributed by atoms with Crippen molar-refractivity contribution < 1.29 is 132 Å². The molecule has 33 heteroatoms. The predicted molar refractivity (Wildman–Crippen MR) is 400 cm³/mol. The van der Waals surface area contributed by atoms with Gasteiger partial charge in [-0.2, -0.15) is 5.10 Å². The third kappa shape index (κ3) is 86.4. The molecule has 1 rings (SSSR count). The number of aromatic nitrogens is 2. The maximum absolute atomic E-state index is 8.64. The van der Waals surface area contributed by atoms with E-state index in [0.717, 1.165) is 181 Å². The smallest absolute Gasteiger partial charge is 1.00 e. The molecular weight excluding hydrogens is 1350 g/mol. The molecule has 0 aliphatic carbocycles. The van der Waals surface area contributed by atoms with Gasteiger partial charge in [-0.3, -0.25) is 25.6 Å². The third-order valence-electron chi connectivity index (χ3n) is 16.1. The molecule has 0 fully saturated rings. The number of rotatable bonds is 72. The zero-order chi connectivity index (χ0) is 75.0. The minimum atomic E-state index is -0.181. The van der Waals surface area contributed by atoms with E-state index in [0.29, 0.717) is 122 Å². The van der Waals surface area contributed by atoms with Crippen molar-refractivity contribution in [2.24, 2.45) is 97.1 Å². The van der Waals surface area contributed by atoms with Gasteiger partial charge in [0.15, 0.2) is 17.9 Å². The normalized spacial score (nSPS) is 12.6. The van der Waals surface area contributed by atoms with Crippen LogP contribution in [0.4, 0.5) is 0 Å². The van der Waals surface area contributed by atoms with Crippen molar-refractivity contribution >= 4 is 30.3 Å². The molecule has 0 bridgehead atoms. The SMILES string of the molecule is COCC(CCCCCCN)COCOCC(CCCCCCN)COCOCC(CCCCCCN)COC.COCC(CCCCCCN=C(N)N)COCOCC(CCCCCCNC(=N)N)COCOCC(CCCCCCN=C(N)N)COC.N=C(N)n1cccn1.O=CO[O-].[H-].[Na+].[Na+]. The van der Waals surface area contributed by atoms with Gasteiger partial charge < -0.3 is 125 Å². The van der Waals surface area contributed by atoms with Crippen LogP contribution in [0, 0.1) is 46.3 Å². The Hall–Kier alpha value is -2.68. The third-order valence-corrected chi connectivity index (χ3v) is 16.1. The fourth-order valence-corrected chi connectivity index (χ4v) is 10.7. The number of carbonyl (C=O) groups excluding carboxylic acids is 1. The fourth-order valence-electron chi connectivity index (χ4n) is 10.7. The first-order valence-corrected chi connectivity index (χ1v) is 37.1. The molecule has 1 aromatic rings. The Bertz CT molecular complexity index is 1850. The molecule has 1 aromatic heterocycles. The maximum atomic E-state index is 8.64. The quantitative estimate of drug-likeness (QED) is 0.00597. The van der Waals surface area contributed by atoms with Gasteiger partial charge in [0.1, 0.15) is 27.2 Å². The van der Waals surface area contributed by atoms with E-state index in [1.54, 1.807) is 46.9 Å². The number of nitrogens with one attached hydrogen (secondary N) is 3. The van der Waals surface area contributed by atoms with Gasteiger partial charge in [-0.1, -0.05) is 116 Å². The number of guanidine groups is 3. The summed E-state index contributed by atoms with van der Waals surface area (Å²) in [5.74, 6) is 2.29. The maximum Gasteiger partial charge on any atom is 1.00 e. The monoisotopic (exact) mass is 1500 g/mol. The molecule has 0 spiro atoms. The molecule has 600 valence electrons. The molecule has 4 unspecified atom stereocenters. The Morgan fingerprint density at radius 3 is 0.893 bits per heavy atom. The van der Waals surface area contributed by atoms with Crippen molar-refractivity contribution in [2.45, 2.75) is 193 Å². The Balaban J connectivity index is -0.000000391. The number of aliphatic imine (C=N–C) groups is 2. The number of nitrogens with two attached hydrogens (primary N) is 9. The first-order valence-electron chi connectivity index (χ1n) is 37.1. The van der Waals surface area contributed by atoms with Crippen molar-refractivity contribution in [2.75, 3.05) is 174 Å². The molecule has 103 heavy (non-hydrogen) atoms. The zero-order valence-electron chi connectivity index (χ0n) is 66.2. The number of unbranched alkanes of at least 4 members (excludes halogenated alkanes) is 18. The van der Waals surface area contributed by atoms with Gasteiger partial charge in [0.05, 0.1) is 79.3 Å². The van der Waals surface area contributed by atoms with Gasteiger partial charge in [-0.15, -0.1) is 0 Å². The minimum absolute atomic E-state index is 0. The molecule has 4 atom stereocenters. The Labute approximate surface area is 666 Å². The Morgan fingerprint density at radius 2 is 0.689 bits per heavy atom. The van der Waals surface area contributed by atoms with Gasteiger partial charge >= 0.3 is 59.1 Å². The molecule has 0 aliphatic rings. The van der Waals surface area contributed by atoms with Gasteiger partial charge in [0.2, 0.25) is 5.96 Å². The minimum Gasteiger partial charge on any atom is -1.00 e. The van der Waals surface area contributed by atoms with Crippen LogP contribution in [0.3, 0.4) is 0 Å². The number of hydrogen-bond acceptors (Lipinski definition) is 23. The number of carbonyl (C=O) groups is 1. The first kappa shape index (κ1) is 109. The summed E-state index contributed by atoms with van der Waals surface area (Å²) in [5, 5.41) is 29.1. The van der Waals surface area contributed by atoms with Crippen LogP contribution in [-0.2, 0) is 66.5 Å². The number of methoxy groups -OCH3 is 4. The van der Waals surface area contributed by atoms with Crippen LogP contribution in [0.25, 0.3) is 0 Å². The van der Waals surface area contributed by atoms with Gasteiger partial charge in [-0.05, 0) is 103 Å². The van der Waals surface area contributed by atoms with Crippen molar-refractivity contribution in [3.63, 3.8) is 0 Å². The van der Waals surface area contributed by atoms with E-state index >= 15 is 0 Å². The average Bonchev–Trinajstić information content (AvgIpc) is 1.76. The summed E-state index contributed by atoms with van der Waals surface area (Å²) in [6, 6.07) is 1.71. The summed E-state index contributed by atoms with van der Waals surface area (Å²) in [6.07, 6.45) is 36.5. The summed E-state index contributed by atoms with van der Waals surface area (Å²) in [6.45, 7) is 13.0. The summed E-state index contributed by atoms with van der Waals surface area (Å²) < 4.78 is 70.1. The van der Waals surface area contributed by atoms with Crippen LogP contribution in [0.2, 0.25) is 0 Å². The van der Waals surface area contributed by atoms with E-state index in [1.165, 1.54) is 56.0 Å². The molecule has 0 saturated heterocycles. The van der Waals surface area contributed by atoms with Crippen LogP contribution < -0.4 is 121 Å². The Morgan fingerprint density at radius 1 is 0.437 bits per heavy atom. The molecule has 0 radical (unpaired) electrons. The second-order valence-electron chi connectivity index (χ2n) is 25.5. The molecular formula is C70H148N16Na2O15. The second-order valence-corrected chi connectivity index (χ2v) is 25.5. The van der Waals surface area contributed by atoms with Crippen LogP contribution in [0.1, 0.15) is 194 Å². The zero-order valence-corrected chi connectivity index (χ0v) is 69.2. The molecule has 0 saturated carbocycles. The molecule has 0 aromatic carbocycles. The van der Waals surface area contributed by atoms with E-state index < -0.39 is 0 Å². The van der Waals surface area contributed by atoms with E-state index in [-0.39, 0.29) is 110 Å². The number of ether oxygens (including phenoxy) is 12. The fraction of sp³-hybridized carbons (Fsp3) is 0.886. The topological polar surface area (TPSA) is 497 Å². The van der Waals surface area contributed by atoms with E-state index in [4.69, 9.17) is 129 Å². The van der Waals surface area contributed by atoms with Gasteiger partial charge in [0.25, 0.3) is 6.47 Å². The van der Waals surface area contributed by atoms with Gasteiger partial charge in [-0.25, -0.2) is 4.68 Å². The largest absolute Gasteiger partial charge is 1.00 e. The molecule has 0 amide bonds. The Kier molecular flexibility index (Phi) is 95.1. The number of nitrogen functional groups attached to an aromatic ring is 1.